The van der Waals surface area contributed by atoms with Gasteiger partial charge in [0, 0.05) is 50.5 Å². The lowest BCUT2D eigenvalue weighted by molar-refractivity contribution is -0.166. The van der Waals surface area contributed by atoms with Crippen molar-refractivity contribution in [3.05, 3.63) is 34.9 Å². The number of hydrogen-bond donors (Lipinski definition) is 0. The summed E-state index contributed by atoms with van der Waals surface area (Å²) in [6.07, 6.45) is 8.63. The molecule has 2 aliphatic rings. The van der Waals surface area contributed by atoms with Crippen LogP contribution in [0.5, 0.6) is 11.5 Å². The van der Waals surface area contributed by atoms with Crippen molar-refractivity contribution in [3.8, 4) is 11.5 Å². The summed E-state index contributed by atoms with van der Waals surface area (Å²) >= 11 is 0. The summed E-state index contributed by atoms with van der Waals surface area (Å²) in [5.74, 6) is -1.16. The minimum absolute atomic E-state index is 0.00956. The van der Waals surface area contributed by atoms with Crippen molar-refractivity contribution in [1.29, 1.82) is 0 Å². The van der Waals surface area contributed by atoms with Gasteiger partial charge in [-0.25, -0.2) is 0 Å². The van der Waals surface area contributed by atoms with Gasteiger partial charge in [0.1, 0.15) is 30.3 Å². The first-order chi connectivity index (χ1) is 23.7. The third kappa shape index (κ3) is 13.1. The number of rotatable bonds is 19. The van der Waals surface area contributed by atoms with E-state index in [9.17, 15) is 24.0 Å². The number of carbonyl (C=O) groups is 5. The second kappa shape index (κ2) is 19.5. The SMILES string of the molecule is CCCCCc1cc(OC(=O)CCCCOC(=O)CC(C)CC(=O)OC(COC(C)=O)COC(C)=O)c2c(c1)OC(C)(C)[C@@H]1CCC(C)=CC21. The highest BCUT2D eigenvalue weighted by Gasteiger charge is 2.45. The highest BCUT2D eigenvalue weighted by atomic mass is 16.6. The second-order valence-electron chi connectivity index (χ2n) is 14.2. The molecule has 0 N–H and O–H groups in total. The zero-order valence-corrected chi connectivity index (χ0v) is 30.9. The molecule has 1 aromatic rings. The van der Waals surface area contributed by atoms with E-state index >= 15 is 0 Å². The van der Waals surface area contributed by atoms with Gasteiger partial charge in [-0.1, -0.05) is 38.3 Å². The van der Waals surface area contributed by atoms with E-state index in [1.54, 1.807) is 6.92 Å². The molecule has 278 valence electrons. The van der Waals surface area contributed by atoms with Crippen molar-refractivity contribution in [3.63, 3.8) is 0 Å². The number of ether oxygens (including phenoxy) is 6. The topological polar surface area (TPSA) is 141 Å². The predicted octanol–water partition coefficient (Wildman–Crippen LogP) is 7.10. The van der Waals surface area contributed by atoms with E-state index in [1.807, 2.05) is 6.07 Å². The Morgan fingerprint density at radius 1 is 0.900 bits per heavy atom. The Labute approximate surface area is 296 Å². The van der Waals surface area contributed by atoms with Gasteiger partial charge < -0.3 is 28.4 Å². The summed E-state index contributed by atoms with van der Waals surface area (Å²) < 4.78 is 33.0. The fourth-order valence-electron chi connectivity index (χ4n) is 6.57. The molecule has 1 heterocycles. The molecule has 0 saturated carbocycles. The van der Waals surface area contributed by atoms with Gasteiger partial charge in [-0.3, -0.25) is 24.0 Å². The summed E-state index contributed by atoms with van der Waals surface area (Å²) in [7, 11) is 0. The van der Waals surface area contributed by atoms with Gasteiger partial charge in [0.15, 0.2) is 6.10 Å². The lowest BCUT2D eigenvalue weighted by atomic mass is 9.68. The zero-order chi connectivity index (χ0) is 36.8. The van der Waals surface area contributed by atoms with Crippen LogP contribution in [0.4, 0.5) is 0 Å². The maximum Gasteiger partial charge on any atom is 0.311 e. The smallest absolute Gasteiger partial charge is 0.311 e. The van der Waals surface area contributed by atoms with Crippen LogP contribution in [0.3, 0.4) is 0 Å². The fraction of sp³-hybridized carbons (Fsp3) is 0.667. The summed E-state index contributed by atoms with van der Waals surface area (Å²) in [5, 5.41) is 0. The van der Waals surface area contributed by atoms with Crippen LogP contribution < -0.4 is 9.47 Å². The summed E-state index contributed by atoms with van der Waals surface area (Å²) in [6.45, 7) is 12.4. The lowest BCUT2D eigenvalue weighted by Crippen LogP contribution is -2.45. The highest BCUT2D eigenvalue weighted by Crippen LogP contribution is 2.53. The largest absolute Gasteiger partial charge is 0.487 e. The molecule has 1 aliphatic heterocycles. The van der Waals surface area contributed by atoms with Crippen molar-refractivity contribution in [1.82, 2.24) is 0 Å². The van der Waals surface area contributed by atoms with Gasteiger partial charge in [0.25, 0.3) is 0 Å². The molecule has 50 heavy (non-hydrogen) atoms. The minimum atomic E-state index is -0.952. The van der Waals surface area contributed by atoms with E-state index in [0.29, 0.717) is 18.6 Å². The molecule has 0 radical (unpaired) electrons. The monoisotopic (exact) mass is 700 g/mol. The Hall–Kier alpha value is -3.89. The molecule has 0 saturated heterocycles. The van der Waals surface area contributed by atoms with Crippen LogP contribution in [0, 0.1) is 11.8 Å². The number of benzene rings is 1. The van der Waals surface area contributed by atoms with Crippen LogP contribution in [0.1, 0.15) is 130 Å². The van der Waals surface area contributed by atoms with Crippen molar-refractivity contribution in [2.75, 3.05) is 19.8 Å². The minimum Gasteiger partial charge on any atom is -0.487 e. The Bertz CT molecular complexity index is 1360. The summed E-state index contributed by atoms with van der Waals surface area (Å²) in [6, 6.07) is 4.14. The van der Waals surface area contributed by atoms with Crippen LogP contribution in [0.25, 0.3) is 0 Å². The third-order valence-corrected chi connectivity index (χ3v) is 9.11. The molecular weight excluding hydrogens is 644 g/mol. The van der Waals surface area contributed by atoms with E-state index < -0.39 is 30.0 Å². The molecule has 0 bridgehead atoms. The number of unbranched alkanes of at least 4 members (excludes halogenated alkanes) is 3. The molecule has 0 amide bonds. The number of fused-ring (bicyclic) bond motifs is 3. The molecule has 0 aromatic heterocycles. The quantitative estimate of drug-likeness (QED) is 0.0480. The molecule has 0 spiro atoms. The van der Waals surface area contributed by atoms with E-state index in [4.69, 9.17) is 28.4 Å². The number of esters is 5. The molecule has 3 atom stereocenters. The van der Waals surface area contributed by atoms with Gasteiger partial charge in [-0.2, -0.15) is 0 Å². The van der Waals surface area contributed by atoms with Crippen molar-refractivity contribution in [2.45, 2.75) is 137 Å². The molecule has 1 aliphatic carbocycles. The maximum absolute atomic E-state index is 13.1. The molecule has 3 rings (SSSR count). The zero-order valence-electron chi connectivity index (χ0n) is 30.9. The summed E-state index contributed by atoms with van der Waals surface area (Å²) in [5.41, 5.74) is 3.06. The molecule has 0 fully saturated rings. The molecule has 2 unspecified atom stereocenters. The fourth-order valence-corrected chi connectivity index (χ4v) is 6.57. The van der Waals surface area contributed by atoms with Crippen molar-refractivity contribution in [2.24, 2.45) is 11.8 Å². The molecule has 11 heteroatoms. The maximum atomic E-state index is 13.1. The first-order valence-corrected chi connectivity index (χ1v) is 18.0. The van der Waals surface area contributed by atoms with Crippen LogP contribution in [-0.4, -0.2) is 61.4 Å². The van der Waals surface area contributed by atoms with E-state index in [2.05, 4.69) is 39.8 Å². The number of aryl methyl sites for hydroxylation is 1. The van der Waals surface area contributed by atoms with Crippen LogP contribution in [0.2, 0.25) is 0 Å². The third-order valence-electron chi connectivity index (χ3n) is 9.11. The number of hydrogen-bond acceptors (Lipinski definition) is 11. The second-order valence-corrected chi connectivity index (χ2v) is 14.2. The average Bonchev–Trinajstić information content (AvgIpc) is 3.01. The van der Waals surface area contributed by atoms with Gasteiger partial charge >= 0.3 is 29.8 Å². The van der Waals surface area contributed by atoms with Gasteiger partial charge in [0.2, 0.25) is 0 Å². The average molecular weight is 701 g/mol. The highest BCUT2D eigenvalue weighted by molar-refractivity contribution is 5.74. The Kier molecular flexibility index (Phi) is 15.8. The van der Waals surface area contributed by atoms with Gasteiger partial charge in [-0.15, -0.1) is 0 Å². The van der Waals surface area contributed by atoms with Crippen molar-refractivity contribution >= 4 is 29.8 Å². The Balaban J connectivity index is 1.49. The van der Waals surface area contributed by atoms with E-state index in [1.165, 1.54) is 19.4 Å². The van der Waals surface area contributed by atoms with E-state index in [-0.39, 0.29) is 68.4 Å². The predicted molar refractivity (Wildman–Crippen MR) is 186 cm³/mol. The number of carbonyl (C=O) groups excluding carboxylic acids is 5. The molecule has 1 aromatic carbocycles. The van der Waals surface area contributed by atoms with Gasteiger partial charge in [-0.05, 0) is 82.9 Å². The van der Waals surface area contributed by atoms with Crippen LogP contribution in [-0.2, 0) is 49.3 Å². The van der Waals surface area contributed by atoms with Crippen molar-refractivity contribution < 1.29 is 52.4 Å². The number of allylic oxidation sites excluding steroid dienone is 2. The Morgan fingerprint density at radius 2 is 1.58 bits per heavy atom. The summed E-state index contributed by atoms with van der Waals surface area (Å²) in [4.78, 5) is 60.1. The standard InChI is InChI=1S/C39H56O11/c1-8-9-10-13-29-21-33(38-31-18-25(2)15-16-32(31)39(6,7)50-34(38)22-29)49-35(42)14-11-12-17-45-36(43)19-26(3)20-37(44)48-30(23-46-27(4)40)24-47-28(5)41/h18,21-22,26,30-32H,8-17,19-20,23-24H2,1-7H3/t26?,31?,32-/m1/s1. The lowest BCUT2D eigenvalue weighted by Gasteiger charge is -2.46. The Morgan fingerprint density at radius 3 is 2.24 bits per heavy atom. The van der Waals surface area contributed by atoms with Crippen LogP contribution in [0.15, 0.2) is 23.8 Å². The first kappa shape index (κ1) is 40.5. The van der Waals surface area contributed by atoms with Crippen LogP contribution >= 0.6 is 0 Å². The molecule has 11 nitrogen and oxygen atoms in total. The molecular formula is C39H56O11. The van der Waals surface area contributed by atoms with E-state index in [0.717, 1.165) is 55.4 Å². The normalized spacial score (nSPS) is 18.0. The van der Waals surface area contributed by atoms with Gasteiger partial charge in [0.05, 0.1) is 6.61 Å². The first-order valence-electron chi connectivity index (χ1n) is 18.0.